The van der Waals surface area contributed by atoms with Gasteiger partial charge in [-0.2, -0.15) is 0 Å². The average molecular weight is 851 g/mol. The summed E-state index contributed by atoms with van der Waals surface area (Å²) in [5, 5.41) is 51.2. The minimum atomic E-state index is -1.94. The maximum Gasteiger partial charge on any atom is 0.311 e. The number of oxime groups is 1. The van der Waals surface area contributed by atoms with Crippen LogP contribution in [0.1, 0.15) is 94.9 Å². The smallest absolute Gasteiger partial charge is 0.311 e. The maximum atomic E-state index is 14.4. The number of aliphatic hydroxyl groups excluding tert-OH is 3. The van der Waals surface area contributed by atoms with Gasteiger partial charge in [-0.1, -0.05) is 32.9 Å². The zero-order valence-corrected chi connectivity index (χ0v) is 38.3. The van der Waals surface area contributed by atoms with Crippen molar-refractivity contribution in [3.63, 3.8) is 0 Å². The van der Waals surface area contributed by atoms with E-state index >= 15 is 0 Å². The lowest BCUT2D eigenvalue weighted by molar-refractivity contribution is -0.319. The second-order valence-corrected chi connectivity index (χ2v) is 17.9. The van der Waals surface area contributed by atoms with Gasteiger partial charge in [0.2, 0.25) is 6.79 Å². The molecular weight excluding hydrogens is 772 g/mol. The highest BCUT2D eigenvalue weighted by Crippen LogP contribution is 2.42. The number of hydrogen-bond acceptors (Lipinski definition) is 17. The molecule has 0 amide bonds. The number of hydrogen-bond donors (Lipinski definition) is 4. The van der Waals surface area contributed by atoms with E-state index in [4.69, 9.17) is 47.5 Å². The van der Waals surface area contributed by atoms with Crippen molar-refractivity contribution in [3.05, 3.63) is 0 Å². The second-order valence-electron chi connectivity index (χ2n) is 17.9. The van der Waals surface area contributed by atoms with Crippen LogP contribution in [0, 0.1) is 23.7 Å². The molecule has 4 N–H and O–H groups in total. The molecule has 3 heterocycles. The third kappa shape index (κ3) is 12.3. The minimum Gasteiger partial charge on any atom is -0.459 e. The summed E-state index contributed by atoms with van der Waals surface area (Å²) in [5.74, 6) is -3.72. The highest BCUT2D eigenvalue weighted by Gasteiger charge is 2.54. The quantitative estimate of drug-likeness (QED) is 0.0859. The van der Waals surface area contributed by atoms with Gasteiger partial charge in [-0.05, 0) is 74.9 Å². The number of methoxy groups -OCH3 is 3. The van der Waals surface area contributed by atoms with Gasteiger partial charge in [-0.25, -0.2) is 0 Å². The Labute approximate surface area is 352 Å². The molecule has 59 heavy (non-hydrogen) atoms. The Hall–Kier alpha value is -1.58. The first-order valence-electron chi connectivity index (χ1n) is 21.1. The number of ether oxygens (including phenoxy) is 9. The topological polar surface area (TPSA) is 206 Å². The van der Waals surface area contributed by atoms with Crippen molar-refractivity contribution in [1.29, 1.82) is 0 Å². The molecule has 0 aromatic rings. The number of likely N-dealkylation sites (N-methyl/N-ethyl adjacent to an activating group) is 1. The van der Waals surface area contributed by atoms with Gasteiger partial charge in [0, 0.05) is 51.5 Å². The predicted molar refractivity (Wildman–Crippen MR) is 217 cm³/mol. The predicted octanol–water partition coefficient (Wildman–Crippen LogP) is 2.86. The van der Waals surface area contributed by atoms with Crippen LogP contribution in [0.5, 0.6) is 0 Å². The molecule has 3 aliphatic rings. The fraction of sp³-hybridized carbons (Fsp3) is 0.952. The van der Waals surface area contributed by atoms with Gasteiger partial charge >= 0.3 is 5.97 Å². The SMILES string of the molecule is CC[C@H]1OC(=O)[C@H](C)[C@@H](O[C@H]2CC(C)(OC)[C@@H](O)[C@@H](C)O2)[C@H](C)[C@@H](O[C@@H]2O[C@H](C)CC(N(C)C)C2O)[C@](C)(OC)C[C@@H](C)/C(=N\OCOCCOC)[C@H](C)[C@@H](O)[C@]1(C)O. The van der Waals surface area contributed by atoms with E-state index in [1.54, 1.807) is 48.8 Å². The molecule has 18 atom stereocenters. The summed E-state index contributed by atoms with van der Waals surface area (Å²) >= 11 is 0. The monoisotopic (exact) mass is 851 g/mol. The molecule has 17 nitrogen and oxygen atoms in total. The lowest BCUT2D eigenvalue weighted by Gasteiger charge is -2.50. The normalized spacial score (nSPS) is 45.3. The summed E-state index contributed by atoms with van der Waals surface area (Å²) in [6, 6.07) is -0.287. The Morgan fingerprint density at radius 3 is 2.08 bits per heavy atom. The van der Waals surface area contributed by atoms with Crippen molar-refractivity contribution in [3.8, 4) is 0 Å². The number of nitrogens with zero attached hydrogens (tertiary/aromatic N) is 2. The maximum absolute atomic E-state index is 14.4. The van der Waals surface area contributed by atoms with Gasteiger partial charge in [-0.15, -0.1) is 0 Å². The van der Waals surface area contributed by atoms with Crippen molar-refractivity contribution in [2.75, 3.05) is 55.4 Å². The summed E-state index contributed by atoms with van der Waals surface area (Å²) in [6.45, 7) is 18.1. The van der Waals surface area contributed by atoms with Crippen molar-refractivity contribution < 1.29 is 72.7 Å². The first-order valence-corrected chi connectivity index (χ1v) is 21.1. The van der Waals surface area contributed by atoms with E-state index in [0.29, 0.717) is 18.7 Å². The summed E-state index contributed by atoms with van der Waals surface area (Å²) in [7, 11) is 8.41. The molecule has 0 spiro atoms. The minimum absolute atomic E-state index is 0.127. The van der Waals surface area contributed by atoms with Crippen molar-refractivity contribution in [2.45, 2.75) is 179 Å². The van der Waals surface area contributed by atoms with Crippen LogP contribution in [0.3, 0.4) is 0 Å². The Morgan fingerprint density at radius 2 is 1.51 bits per heavy atom. The van der Waals surface area contributed by atoms with Crippen LogP contribution < -0.4 is 0 Å². The standard InChI is InChI=1S/C42H78N2O15/c1-16-30-42(10,49)35(46)25(4)32(43-54-22-53-18-17-50-13)23(2)20-41(9,52-15)37(59-39-33(45)29(44(11)12)19-24(3)55-39)26(5)34(27(6)38(48)57-30)58-31-21-40(8,51-14)36(47)28(7)56-31/h23-31,33-37,39,45-47,49H,16-22H2,1-15H3/b43-32+/t23-,24-,25+,26+,27-,28-,29?,30-,31+,33?,34+,35-,36+,37-,39+,40?,41-,42-/m1/s1. The first kappa shape index (κ1) is 51.8. The molecule has 0 saturated carbocycles. The van der Waals surface area contributed by atoms with Crippen molar-refractivity contribution >= 4 is 11.7 Å². The second kappa shape index (κ2) is 22.2. The van der Waals surface area contributed by atoms with E-state index < -0.39 is 102 Å². The molecule has 0 radical (unpaired) electrons. The van der Waals surface area contributed by atoms with Crippen molar-refractivity contribution in [2.24, 2.45) is 28.8 Å². The van der Waals surface area contributed by atoms with Gasteiger partial charge in [0.15, 0.2) is 12.6 Å². The number of carbonyl (C=O) groups is 1. The molecule has 0 aliphatic carbocycles. The Bertz CT molecular complexity index is 1320. The van der Waals surface area contributed by atoms with Crippen LogP contribution in [0.15, 0.2) is 5.16 Å². The average Bonchev–Trinajstić information content (AvgIpc) is 3.18. The van der Waals surface area contributed by atoms with E-state index in [1.165, 1.54) is 14.0 Å². The lowest BCUT2D eigenvalue weighted by atomic mass is 9.73. The van der Waals surface area contributed by atoms with E-state index in [2.05, 4.69) is 5.16 Å². The number of cyclic esters (lactones) is 1. The van der Waals surface area contributed by atoms with Crippen LogP contribution in [0.2, 0.25) is 0 Å². The molecular formula is C42H78N2O15. The van der Waals surface area contributed by atoms with E-state index in [-0.39, 0.29) is 44.8 Å². The number of carbonyl (C=O) groups excluding carboxylic acids is 1. The van der Waals surface area contributed by atoms with Gasteiger partial charge < -0.3 is 72.8 Å². The third-order valence-electron chi connectivity index (χ3n) is 13.0. The Kier molecular flexibility index (Phi) is 19.4. The van der Waals surface area contributed by atoms with E-state index in [9.17, 15) is 25.2 Å². The van der Waals surface area contributed by atoms with Crippen LogP contribution in [0.4, 0.5) is 0 Å². The summed E-state index contributed by atoms with van der Waals surface area (Å²) in [4.78, 5) is 22.0. The fourth-order valence-corrected chi connectivity index (χ4v) is 9.11. The largest absolute Gasteiger partial charge is 0.459 e. The van der Waals surface area contributed by atoms with Crippen LogP contribution in [0.25, 0.3) is 0 Å². The van der Waals surface area contributed by atoms with E-state index in [1.807, 2.05) is 46.7 Å². The van der Waals surface area contributed by atoms with Crippen LogP contribution >= 0.6 is 0 Å². The summed E-state index contributed by atoms with van der Waals surface area (Å²) in [6.07, 6.45) is -8.52. The Morgan fingerprint density at radius 1 is 0.864 bits per heavy atom. The molecule has 0 aromatic heterocycles. The van der Waals surface area contributed by atoms with Gasteiger partial charge in [-0.3, -0.25) is 4.79 Å². The molecule has 3 unspecified atom stereocenters. The summed E-state index contributed by atoms with van der Waals surface area (Å²) < 4.78 is 55.2. The van der Waals surface area contributed by atoms with Gasteiger partial charge in [0.25, 0.3) is 0 Å². The fourth-order valence-electron chi connectivity index (χ4n) is 9.11. The van der Waals surface area contributed by atoms with Crippen molar-refractivity contribution in [1.82, 2.24) is 4.90 Å². The van der Waals surface area contributed by atoms with Gasteiger partial charge in [0.05, 0.1) is 66.6 Å². The van der Waals surface area contributed by atoms with Gasteiger partial charge in [0.1, 0.15) is 23.9 Å². The molecule has 3 rings (SSSR count). The van der Waals surface area contributed by atoms with Crippen LogP contribution in [-0.2, 0) is 52.3 Å². The molecule has 3 aliphatic heterocycles. The Balaban J connectivity index is 2.26. The van der Waals surface area contributed by atoms with E-state index in [0.717, 1.165) is 0 Å². The number of esters is 1. The highest BCUT2D eigenvalue weighted by atomic mass is 16.7. The molecule has 0 bridgehead atoms. The summed E-state index contributed by atoms with van der Waals surface area (Å²) in [5.41, 5.74) is -3.81. The third-order valence-corrected chi connectivity index (χ3v) is 13.0. The lowest BCUT2D eigenvalue weighted by Crippen LogP contribution is -2.61. The first-order chi connectivity index (χ1) is 27.5. The number of aliphatic hydroxyl groups is 4. The number of rotatable bonds is 14. The van der Waals surface area contributed by atoms with Crippen LogP contribution in [-0.4, -0.2) is 177 Å². The molecule has 3 saturated heterocycles. The zero-order valence-electron chi connectivity index (χ0n) is 38.3. The molecule has 0 aromatic carbocycles. The molecule has 3 fully saturated rings. The molecule has 17 heteroatoms. The highest BCUT2D eigenvalue weighted by molar-refractivity contribution is 5.88. The zero-order chi connectivity index (χ0) is 44.6. The molecule has 346 valence electrons.